The molecule has 420 valence electrons. The molecule has 9 rings (SSSR count). The normalized spacial score (nSPS) is 16.4. The molecule has 0 unspecified atom stereocenters. The number of hydrogen-bond donors (Lipinski definition) is 4. The third kappa shape index (κ3) is 15.3. The fourth-order valence-corrected chi connectivity index (χ4v) is 12.4. The van der Waals surface area contributed by atoms with E-state index in [1.54, 1.807) is 16.9 Å². The number of hydrogen-bond acceptors (Lipinski definition) is 9. The first kappa shape index (κ1) is 58.4. The summed E-state index contributed by atoms with van der Waals surface area (Å²) in [7, 11) is -2.29. The van der Waals surface area contributed by atoms with Crippen molar-refractivity contribution in [2.75, 3.05) is 23.8 Å². The highest BCUT2D eigenvalue weighted by Gasteiger charge is 2.49. The zero-order chi connectivity index (χ0) is 56.1. The Labute approximate surface area is 465 Å². The summed E-state index contributed by atoms with van der Waals surface area (Å²) in [5.74, 6) is 2.24. The Balaban J connectivity index is 0.000000213. The molecule has 3 aromatic heterocycles. The van der Waals surface area contributed by atoms with Gasteiger partial charge in [-0.1, -0.05) is 76.7 Å². The van der Waals surface area contributed by atoms with E-state index in [9.17, 15) is 14.4 Å². The largest absolute Gasteiger partial charge is 0.360 e. The lowest BCUT2D eigenvalue weighted by Gasteiger charge is -2.28. The fourth-order valence-electron chi connectivity index (χ4n) is 10.9. The molecule has 0 radical (unpaired) electrons. The number of aryl methyl sites for hydroxylation is 2. The molecule has 0 spiro atoms. The maximum Gasteiger partial charge on any atom is 0.270 e. The van der Waals surface area contributed by atoms with Crippen LogP contribution in [0.1, 0.15) is 105 Å². The molecule has 2 atom stereocenters. The van der Waals surface area contributed by atoms with Crippen molar-refractivity contribution in [3.05, 3.63) is 102 Å². The molecule has 5 N–H and O–H groups in total. The van der Waals surface area contributed by atoms with Crippen molar-refractivity contribution in [2.45, 2.75) is 162 Å². The lowest BCUT2D eigenvalue weighted by atomic mass is 9.88. The molecule has 3 heterocycles. The molecule has 2 aromatic carbocycles. The number of carbonyl (C=O) groups is 3. The molecular weight excluding hydrogens is 1010 g/mol. The number of carbonyl (C=O) groups excluding carboxylic acids is 3. The Morgan fingerprint density at radius 3 is 1.45 bits per heavy atom. The van der Waals surface area contributed by atoms with E-state index < -0.39 is 28.2 Å². The average molecular weight is 1100 g/mol. The van der Waals surface area contributed by atoms with Gasteiger partial charge in [-0.25, -0.2) is 9.36 Å². The Morgan fingerprint density at radius 1 is 0.654 bits per heavy atom. The zero-order valence-corrected chi connectivity index (χ0v) is 50.2. The van der Waals surface area contributed by atoms with Gasteiger partial charge in [0.25, 0.3) is 5.91 Å². The standard InChI is InChI=1S/C34H48N6O3Si.C27H40N4O2Si/c1-8-28-30(23(4)38-39(28)21-43-19-20-44(5,6)7)24-13-15-27(16-14-24)36-34(42)32(31(25-9-10-25)26-11-12-26)37-33(41)29-17-18-35-40(29)22(2)3;1-6-23-24(18(2)30-31(23)17-33-15-16-34(3,4)5)19-11-13-22(14-12-19)29-27(32)26(28)25(20-7-8-20)21-9-10-21/h8,13-18,22,25-26,31-32H,1,9-12,19-21H2,2-7H3,(H,36,42)(H,37,41);6,11-14,20-21,25-26H,1,7-10,15-17,28H2,2-5H3,(H,29,32)/t32-;26-/m00/s1. The summed E-state index contributed by atoms with van der Waals surface area (Å²) < 4.78 is 17.3. The molecule has 4 aliphatic rings. The van der Waals surface area contributed by atoms with Crippen LogP contribution < -0.4 is 21.7 Å². The van der Waals surface area contributed by atoms with Crippen LogP contribution in [0, 0.1) is 49.4 Å². The Bertz CT molecular complexity index is 2850. The molecule has 17 heteroatoms. The van der Waals surface area contributed by atoms with Crippen LogP contribution in [0.15, 0.2) is 74.0 Å². The SMILES string of the molecule is C=Cc1c(-c2ccc(NC(=O)[C@@H](N)C(C3CC3)C3CC3)cc2)c(C)nn1COCC[Si](C)(C)C.C=Cc1c(-c2ccc(NC(=O)[C@@H](NC(=O)c3ccnn3C(C)C)C(C3CC3)C3CC3)cc2)c(C)nn1COCC[Si](C)(C)C. The molecule has 78 heavy (non-hydrogen) atoms. The highest BCUT2D eigenvalue weighted by molar-refractivity contribution is 6.76. The Kier molecular flexibility index (Phi) is 18.8. The minimum atomic E-state index is -1.17. The molecule has 4 aliphatic carbocycles. The van der Waals surface area contributed by atoms with E-state index >= 15 is 0 Å². The second-order valence-electron chi connectivity index (χ2n) is 25.2. The molecule has 15 nitrogen and oxygen atoms in total. The van der Waals surface area contributed by atoms with E-state index in [1.807, 2.05) is 97.7 Å². The van der Waals surface area contributed by atoms with Crippen LogP contribution in [0.5, 0.6) is 0 Å². The lowest BCUT2D eigenvalue weighted by molar-refractivity contribution is -0.120. The second-order valence-corrected chi connectivity index (χ2v) is 36.4. The van der Waals surface area contributed by atoms with Crippen molar-refractivity contribution in [1.82, 2.24) is 34.7 Å². The first-order valence-corrected chi connectivity index (χ1v) is 36.0. The van der Waals surface area contributed by atoms with Gasteiger partial charge in [0, 0.05) is 64.1 Å². The minimum absolute atomic E-state index is 0.0408. The topological polar surface area (TPSA) is 185 Å². The van der Waals surface area contributed by atoms with Crippen molar-refractivity contribution in [3.63, 3.8) is 0 Å². The van der Waals surface area contributed by atoms with Gasteiger partial charge < -0.3 is 31.2 Å². The highest BCUT2D eigenvalue weighted by atomic mass is 28.3. The number of anilines is 2. The number of ether oxygens (including phenoxy) is 2. The van der Waals surface area contributed by atoms with Crippen molar-refractivity contribution in [3.8, 4) is 22.3 Å². The van der Waals surface area contributed by atoms with Gasteiger partial charge in [0.2, 0.25) is 11.8 Å². The first-order valence-electron chi connectivity index (χ1n) is 28.6. The van der Waals surface area contributed by atoms with Gasteiger partial charge in [-0.3, -0.25) is 19.1 Å². The van der Waals surface area contributed by atoms with Gasteiger partial charge in [0.05, 0.1) is 28.8 Å². The number of rotatable bonds is 27. The number of nitrogens with zero attached hydrogens (tertiary/aromatic N) is 6. The molecule has 0 aliphatic heterocycles. The van der Waals surface area contributed by atoms with Crippen LogP contribution in [0.25, 0.3) is 34.4 Å². The minimum Gasteiger partial charge on any atom is -0.360 e. The van der Waals surface area contributed by atoms with Gasteiger partial charge in [-0.15, -0.1) is 0 Å². The van der Waals surface area contributed by atoms with Crippen LogP contribution in [0.4, 0.5) is 11.4 Å². The van der Waals surface area contributed by atoms with Crippen LogP contribution >= 0.6 is 0 Å². The quantitative estimate of drug-likeness (QED) is 0.0293. The highest BCUT2D eigenvalue weighted by Crippen LogP contribution is 2.52. The van der Waals surface area contributed by atoms with Crippen LogP contribution in [-0.2, 0) is 32.5 Å². The van der Waals surface area contributed by atoms with Gasteiger partial charge in [-0.05, 0) is 180 Å². The van der Waals surface area contributed by atoms with E-state index in [1.165, 1.54) is 25.7 Å². The summed E-state index contributed by atoms with van der Waals surface area (Å²) >= 11 is 0. The van der Waals surface area contributed by atoms with Gasteiger partial charge in [0.1, 0.15) is 25.2 Å². The molecule has 5 aromatic rings. The third-order valence-electron chi connectivity index (χ3n) is 15.8. The molecule has 0 bridgehead atoms. The number of nitrogens with two attached hydrogens (primary N) is 1. The van der Waals surface area contributed by atoms with E-state index in [0.29, 0.717) is 54.4 Å². The van der Waals surface area contributed by atoms with E-state index in [4.69, 9.17) is 25.4 Å². The predicted octanol–water partition coefficient (Wildman–Crippen LogP) is 12.3. The predicted molar refractivity (Wildman–Crippen MR) is 320 cm³/mol. The second kappa shape index (κ2) is 25.2. The molecule has 4 fully saturated rings. The summed E-state index contributed by atoms with van der Waals surface area (Å²) in [6.45, 7) is 32.4. The monoisotopic (exact) mass is 1100 g/mol. The average Bonchev–Trinajstić information content (AvgIpc) is 4.19. The van der Waals surface area contributed by atoms with E-state index in [2.05, 4.69) is 73.5 Å². The van der Waals surface area contributed by atoms with Gasteiger partial charge in [0.15, 0.2) is 0 Å². The third-order valence-corrected chi connectivity index (χ3v) is 19.2. The van der Waals surface area contributed by atoms with Crippen molar-refractivity contribution in [1.29, 1.82) is 0 Å². The maximum atomic E-state index is 13.9. The Hall–Kier alpha value is -5.73. The zero-order valence-electron chi connectivity index (χ0n) is 48.2. The molecule has 4 saturated carbocycles. The van der Waals surface area contributed by atoms with Gasteiger partial charge >= 0.3 is 0 Å². The van der Waals surface area contributed by atoms with Crippen LogP contribution in [-0.4, -0.2) is 88.5 Å². The van der Waals surface area contributed by atoms with Crippen molar-refractivity contribution >= 4 is 57.4 Å². The number of nitrogens with one attached hydrogen (secondary N) is 3. The van der Waals surface area contributed by atoms with E-state index in [0.717, 1.165) is 102 Å². The maximum absolute atomic E-state index is 13.9. The summed E-state index contributed by atoms with van der Waals surface area (Å²) in [5.41, 5.74) is 16.1. The smallest absolute Gasteiger partial charge is 0.270 e. The fraction of sp³-hybridized carbons (Fsp3) is 0.541. The summed E-state index contributed by atoms with van der Waals surface area (Å²) in [4.78, 5) is 40.1. The van der Waals surface area contributed by atoms with Crippen molar-refractivity contribution in [2.24, 2.45) is 41.2 Å². The van der Waals surface area contributed by atoms with Crippen molar-refractivity contribution < 1.29 is 23.9 Å². The van der Waals surface area contributed by atoms with E-state index in [-0.39, 0.29) is 29.7 Å². The summed E-state index contributed by atoms with van der Waals surface area (Å²) in [6.07, 6.45) is 14.6. The first-order chi connectivity index (χ1) is 37.1. The van der Waals surface area contributed by atoms with Crippen LogP contribution in [0.3, 0.4) is 0 Å². The number of benzene rings is 2. The van der Waals surface area contributed by atoms with Crippen LogP contribution in [0.2, 0.25) is 51.4 Å². The molecule has 0 saturated heterocycles. The molecule has 3 amide bonds. The van der Waals surface area contributed by atoms with Gasteiger partial charge in [-0.2, -0.15) is 15.3 Å². The number of aromatic nitrogens is 6. The molecular formula is C61H88N10O5Si2. The Morgan fingerprint density at radius 2 is 1.06 bits per heavy atom. The lowest BCUT2D eigenvalue weighted by Crippen LogP contribution is -2.50. The summed E-state index contributed by atoms with van der Waals surface area (Å²) in [6, 6.07) is 18.7. The number of amides is 3. The summed E-state index contributed by atoms with van der Waals surface area (Å²) in [5, 5.41) is 23.0.